The van der Waals surface area contributed by atoms with Gasteiger partial charge in [-0.15, -0.1) is 0 Å². The third-order valence-electron chi connectivity index (χ3n) is 7.60. The first-order chi connectivity index (χ1) is 14.9. The molecule has 2 aromatic rings. The number of nitrogens with zero attached hydrogens (tertiary/aromatic N) is 4. The second-order valence-corrected chi connectivity index (χ2v) is 9.41. The van der Waals surface area contributed by atoms with Gasteiger partial charge in [-0.1, -0.05) is 12.8 Å². The van der Waals surface area contributed by atoms with Crippen LogP contribution in [0, 0.1) is 11.8 Å². The van der Waals surface area contributed by atoms with Crippen molar-refractivity contribution in [3.63, 3.8) is 0 Å². The molecule has 0 spiro atoms. The number of hydrogen-bond acceptors (Lipinski definition) is 5. The summed E-state index contributed by atoms with van der Waals surface area (Å²) in [4.78, 5) is 6.25. The zero-order chi connectivity index (χ0) is 21.3. The molecule has 2 aliphatic carbocycles. The van der Waals surface area contributed by atoms with Crippen LogP contribution in [0.2, 0.25) is 0 Å². The van der Waals surface area contributed by atoms with Gasteiger partial charge in [0.1, 0.15) is 12.0 Å². The second-order valence-electron chi connectivity index (χ2n) is 9.41. The summed E-state index contributed by atoms with van der Waals surface area (Å²) < 4.78 is 47.8. The number of aromatic nitrogens is 3. The fourth-order valence-electron chi connectivity index (χ4n) is 5.83. The van der Waals surface area contributed by atoms with Gasteiger partial charge in [-0.25, -0.2) is 4.98 Å². The maximum Gasteiger partial charge on any atom is 0.419 e. The van der Waals surface area contributed by atoms with Crippen molar-refractivity contribution in [1.82, 2.24) is 19.7 Å². The monoisotopic (exact) mass is 433 g/mol. The Morgan fingerprint density at radius 2 is 1.77 bits per heavy atom. The van der Waals surface area contributed by atoms with Crippen molar-refractivity contribution < 1.29 is 17.9 Å². The highest BCUT2D eigenvalue weighted by Crippen LogP contribution is 2.59. The molecule has 31 heavy (non-hydrogen) atoms. The van der Waals surface area contributed by atoms with Crippen LogP contribution in [0.3, 0.4) is 0 Å². The Morgan fingerprint density at radius 1 is 1.06 bits per heavy atom. The summed E-state index contributed by atoms with van der Waals surface area (Å²) >= 11 is 0. The van der Waals surface area contributed by atoms with E-state index in [9.17, 15) is 13.2 Å². The van der Waals surface area contributed by atoms with Crippen molar-refractivity contribution in [2.45, 2.75) is 56.5 Å². The molecule has 1 unspecified atom stereocenters. The molecule has 4 heterocycles. The SMILES string of the molecule is Nc1ncc(-c2cc([C@H]3[C@@H]4CN(C5CCO5)C[C@@H]43)n(C3CCCC3)n2)cc1C(F)(F)F. The first-order valence-electron chi connectivity index (χ1n) is 11.2. The van der Waals surface area contributed by atoms with Crippen LogP contribution in [0.5, 0.6) is 0 Å². The van der Waals surface area contributed by atoms with Gasteiger partial charge in [0.15, 0.2) is 0 Å². The summed E-state index contributed by atoms with van der Waals surface area (Å²) in [7, 11) is 0. The van der Waals surface area contributed by atoms with Crippen LogP contribution < -0.4 is 5.73 Å². The summed E-state index contributed by atoms with van der Waals surface area (Å²) in [6.45, 7) is 2.92. The number of alkyl halides is 3. The Kier molecular flexibility index (Phi) is 4.37. The zero-order valence-electron chi connectivity index (χ0n) is 17.2. The highest BCUT2D eigenvalue weighted by atomic mass is 19.4. The molecule has 6 rings (SSSR count). The van der Waals surface area contributed by atoms with Crippen molar-refractivity contribution in [2.24, 2.45) is 11.8 Å². The van der Waals surface area contributed by atoms with E-state index in [4.69, 9.17) is 15.6 Å². The zero-order valence-corrected chi connectivity index (χ0v) is 17.2. The predicted molar refractivity (Wildman–Crippen MR) is 108 cm³/mol. The predicted octanol–water partition coefficient (Wildman–Crippen LogP) is 4.05. The van der Waals surface area contributed by atoms with E-state index in [0.717, 1.165) is 45.0 Å². The molecular formula is C22H26F3N5O. The number of likely N-dealkylation sites (tertiary alicyclic amines) is 1. The maximum absolute atomic E-state index is 13.3. The number of rotatable bonds is 4. The van der Waals surface area contributed by atoms with E-state index < -0.39 is 17.6 Å². The van der Waals surface area contributed by atoms with Gasteiger partial charge < -0.3 is 10.5 Å². The molecule has 2 saturated carbocycles. The third kappa shape index (κ3) is 3.24. The van der Waals surface area contributed by atoms with E-state index >= 15 is 0 Å². The fraction of sp³-hybridized carbons (Fsp3) is 0.636. The van der Waals surface area contributed by atoms with Crippen LogP contribution in [-0.4, -0.2) is 45.6 Å². The summed E-state index contributed by atoms with van der Waals surface area (Å²) in [5, 5.41) is 4.82. The molecule has 0 amide bonds. The molecule has 2 aromatic heterocycles. The number of hydrogen-bond donors (Lipinski definition) is 1. The van der Waals surface area contributed by atoms with E-state index in [0.29, 0.717) is 35.1 Å². The highest BCUT2D eigenvalue weighted by molar-refractivity contribution is 5.63. The van der Waals surface area contributed by atoms with Crippen molar-refractivity contribution in [1.29, 1.82) is 0 Å². The lowest BCUT2D eigenvalue weighted by molar-refractivity contribution is -0.140. The molecule has 4 aliphatic rings. The normalized spacial score (nSPS) is 31.1. The molecule has 4 atom stereocenters. The highest BCUT2D eigenvalue weighted by Gasteiger charge is 2.59. The second kappa shape index (κ2) is 6.93. The minimum absolute atomic E-state index is 0.283. The lowest BCUT2D eigenvalue weighted by Crippen LogP contribution is -2.44. The molecule has 166 valence electrons. The number of halogens is 3. The van der Waals surface area contributed by atoms with Crippen molar-refractivity contribution in [3.05, 3.63) is 29.6 Å². The van der Waals surface area contributed by atoms with Crippen LogP contribution in [0.4, 0.5) is 19.0 Å². The topological polar surface area (TPSA) is 69.2 Å². The van der Waals surface area contributed by atoms with Gasteiger partial charge in [-0.3, -0.25) is 9.58 Å². The van der Waals surface area contributed by atoms with E-state index in [-0.39, 0.29) is 6.23 Å². The van der Waals surface area contributed by atoms with E-state index in [1.54, 1.807) is 0 Å². The van der Waals surface area contributed by atoms with E-state index in [2.05, 4.69) is 14.6 Å². The van der Waals surface area contributed by atoms with Crippen LogP contribution in [-0.2, 0) is 10.9 Å². The summed E-state index contributed by atoms with van der Waals surface area (Å²) in [6, 6.07) is 3.41. The summed E-state index contributed by atoms with van der Waals surface area (Å²) in [5.74, 6) is 1.11. The van der Waals surface area contributed by atoms with Gasteiger partial charge in [0.25, 0.3) is 0 Å². The average Bonchev–Trinajstić information content (AvgIpc) is 3.17. The molecule has 0 aromatic carbocycles. The van der Waals surface area contributed by atoms with Crippen LogP contribution in [0.1, 0.15) is 55.3 Å². The average molecular weight is 433 g/mol. The third-order valence-corrected chi connectivity index (χ3v) is 7.60. The molecule has 2 N–H and O–H groups in total. The van der Waals surface area contributed by atoms with Gasteiger partial charge in [-0.05, 0) is 36.8 Å². The molecule has 2 saturated heterocycles. The number of anilines is 1. The largest absolute Gasteiger partial charge is 0.419 e. The molecule has 4 fully saturated rings. The molecular weight excluding hydrogens is 407 g/mol. The van der Waals surface area contributed by atoms with E-state index in [1.807, 2.05) is 6.07 Å². The smallest absolute Gasteiger partial charge is 0.383 e. The lowest BCUT2D eigenvalue weighted by atomic mass is 10.1. The number of nitrogen functional groups attached to an aromatic ring is 1. The van der Waals surface area contributed by atoms with Crippen LogP contribution in [0.15, 0.2) is 18.3 Å². The van der Waals surface area contributed by atoms with Crippen molar-refractivity contribution in [3.8, 4) is 11.3 Å². The van der Waals surface area contributed by atoms with Gasteiger partial charge in [0.05, 0.1) is 23.9 Å². The number of fused-ring (bicyclic) bond motifs is 1. The Balaban J connectivity index is 1.32. The summed E-state index contributed by atoms with van der Waals surface area (Å²) in [5.41, 5.74) is 6.70. The lowest BCUT2D eigenvalue weighted by Gasteiger charge is -2.36. The quantitative estimate of drug-likeness (QED) is 0.788. The molecule has 9 heteroatoms. The molecule has 0 radical (unpaired) electrons. The van der Waals surface area contributed by atoms with Gasteiger partial charge in [0.2, 0.25) is 0 Å². The Hall–Kier alpha value is -2.13. The van der Waals surface area contributed by atoms with Crippen LogP contribution >= 0.6 is 0 Å². The molecule has 2 aliphatic heterocycles. The maximum atomic E-state index is 13.3. The first kappa shape index (κ1) is 19.5. The van der Waals surface area contributed by atoms with Gasteiger partial charge in [-0.2, -0.15) is 18.3 Å². The van der Waals surface area contributed by atoms with Gasteiger partial charge in [0, 0.05) is 42.9 Å². The Morgan fingerprint density at radius 3 is 2.39 bits per heavy atom. The molecule has 0 bridgehead atoms. The Labute approximate surface area is 178 Å². The van der Waals surface area contributed by atoms with E-state index in [1.165, 1.54) is 24.7 Å². The minimum Gasteiger partial charge on any atom is -0.383 e. The molecule has 6 nitrogen and oxygen atoms in total. The van der Waals surface area contributed by atoms with Crippen molar-refractivity contribution >= 4 is 5.82 Å². The number of pyridine rings is 1. The minimum atomic E-state index is -4.54. The number of ether oxygens (including phenoxy) is 1. The Bertz CT molecular complexity index is 984. The van der Waals surface area contributed by atoms with Crippen LogP contribution in [0.25, 0.3) is 11.3 Å². The standard InChI is InChI=1S/C22H26F3N5O/c23-22(24,25)16-7-12(9-27-21(16)26)17-8-18(30(28-17)13-3-1-2-4-13)20-14-10-29(11-15(14)20)19-5-6-31-19/h7-9,13-15,19-20H,1-6,10-11H2,(H2,26,27)/t14-,15+,19?,20+. The summed E-state index contributed by atoms with van der Waals surface area (Å²) in [6.07, 6.45) is 2.75. The number of nitrogens with two attached hydrogens (primary N) is 1. The van der Waals surface area contributed by atoms with Crippen molar-refractivity contribution in [2.75, 3.05) is 25.4 Å². The van der Waals surface area contributed by atoms with Gasteiger partial charge >= 0.3 is 6.18 Å². The number of piperidine rings is 1. The first-order valence-corrected chi connectivity index (χ1v) is 11.2. The fourth-order valence-corrected chi connectivity index (χ4v) is 5.83.